The summed E-state index contributed by atoms with van der Waals surface area (Å²) >= 11 is 0. The van der Waals surface area contributed by atoms with Crippen molar-refractivity contribution in [2.75, 3.05) is 44.6 Å². The van der Waals surface area contributed by atoms with E-state index in [2.05, 4.69) is 32.5 Å². The number of anilines is 1. The molecule has 2 aliphatic rings. The Balaban J connectivity index is 1.34. The summed E-state index contributed by atoms with van der Waals surface area (Å²) in [7, 11) is 0. The molecule has 0 bridgehead atoms. The molecule has 8 nitrogen and oxygen atoms in total. The summed E-state index contributed by atoms with van der Waals surface area (Å²) in [6.07, 6.45) is 4.80. The van der Waals surface area contributed by atoms with Gasteiger partial charge in [-0.15, -0.1) is 0 Å². The second kappa shape index (κ2) is 9.32. The molecule has 2 fully saturated rings. The van der Waals surface area contributed by atoms with E-state index in [9.17, 15) is 9.59 Å². The average molecular weight is 377 g/mol. The highest BCUT2D eigenvalue weighted by atomic mass is 16.5. The minimum absolute atomic E-state index is 0.0965. The van der Waals surface area contributed by atoms with Gasteiger partial charge in [-0.2, -0.15) is 0 Å². The van der Waals surface area contributed by atoms with Gasteiger partial charge in [0.15, 0.2) is 5.82 Å². The average Bonchev–Trinajstić information content (AvgIpc) is 3.03. The third-order valence-corrected chi connectivity index (χ3v) is 5.55. The molecule has 1 saturated carbocycles. The monoisotopic (exact) mass is 377 g/mol. The second-order valence-electron chi connectivity index (χ2n) is 7.86. The highest BCUT2D eigenvalue weighted by Crippen LogP contribution is 2.23. The van der Waals surface area contributed by atoms with Gasteiger partial charge in [-0.05, 0) is 25.7 Å². The van der Waals surface area contributed by atoms with Gasteiger partial charge in [0.25, 0.3) is 0 Å². The van der Waals surface area contributed by atoms with Crippen molar-refractivity contribution in [2.24, 2.45) is 5.92 Å². The normalized spacial score (nSPS) is 24.5. The van der Waals surface area contributed by atoms with Crippen molar-refractivity contribution >= 4 is 17.6 Å². The molecule has 0 unspecified atom stereocenters. The maximum absolute atomic E-state index is 12.3. The van der Waals surface area contributed by atoms with E-state index in [1.165, 1.54) is 19.3 Å². The van der Waals surface area contributed by atoms with Crippen LogP contribution < -0.4 is 10.6 Å². The molecule has 2 heterocycles. The van der Waals surface area contributed by atoms with Crippen LogP contribution in [0, 0.1) is 12.8 Å². The number of aryl methyl sites for hydroxylation is 1. The molecule has 1 aliphatic heterocycles. The maximum atomic E-state index is 12.3. The molecule has 3 rings (SSSR count). The van der Waals surface area contributed by atoms with Crippen molar-refractivity contribution in [3.63, 3.8) is 0 Å². The predicted molar refractivity (Wildman–Crippen MR) is 102 cm³/mol. The first kappa shape index (κ1) is 19.8. The SMILES string of the molecule is Cc1cc(NC(=O)CN2CCN(CC(=O)N[C@H]3CCCC[C@H]3C)CC2)no1. The van der Waals surface area contributed by atoms with E-state index in [0.717, 1.165) is 32.6 Å². The molecule has 0 aromatic carbocycles. The number of carbonyl (C=O) groups excluding carboxylic acids is 2. The molecule has 0 radical (unpaired) electrons. The predicted octanol–water partition coefficient (Wildman–Crippen LogP) is 1.23. The van der Waals surface area contributed by atoms with Gasteiger partial charge >= 0.3 is 0 Å². The number of hydrogen-bond donors (Lipinski definition) is 2. The van der Waals surface area contributed by atoms with Crippen molar-refractivity contribution < 1.29 is 14.1 Å². The van der Waals surface area contributed by atoms with Crippen LogP contribution in [0.2, 0.25) is 0 Å². The number of piperazine rings is 1. The van der Waals surface area contributed by atoms with Crippen LogP contribution in [0.15, 0.2) is 10.6 Å². The molecular formula is C19H31N5O3. The lowest BCUT2D eigenvalue weighted by atomic mass is 9.86. The third-order valence-electron chi connectivity index (χ3n) is 5.55. The number of amides is 2. The summed E-state index contributed by atoms with van der Waals surface area (Å²) in [5.41, 5.74) is 0. The summed E-state index contributed by atoms with van der Waals surface area (Å²) in [6.45, 7) is 7.93. The van der Waals surface area contributed by atoms with Crippen LogP contribution >= 0.6 is 0 Å². The Morgan fingerprint density at radius 3 is 2.33 bits per heavy atom. The Labute approximate surface area is 160 Å². The maximum Gasteiger partial charge on any atom is 0.239 e. The van der Waals surface area contributed by atoms with Crippen molar-refractivity contribution in [3.8, 4) is 0 Å². The molecule has 1 aromatic heterocycles. The molecule has 2 amide bonds. The Hall–Kier alpha value is -1.93. The van der Waals surface area contributed by atoms with E-state index in [4.69, 9.17) is 4.52 Å². The first-order valence-electron chi connectivity index (χ1n) is 9.97. The molecule has 1 aliphatic carbocycles. The summed E-state index contributed by atoms with van der Waals surface area (Å²) < 4.78 is 4.94. The van der Waals surface area contributed by atoms with Crippen molar-refractivity contribution in [2.45, 2.75) is 45.6 Å². The molecule has 1 saturated heterocycles. The van der Waals surface area contributed by atoms with Gasteiger partial charge in [0.1, 0.15) is 5.76 Å². The fourth-order valence-corrected chi connectivity index (χ4v) is 3.90. The highest BCUT2D eigenvalue weighted by molar-refractivity contribution is 5.91. The van der Waals surface area contributed by atoms with Crippen LogP contribution in [-0.2, 0) is 9.59 Å². The topological polar surface area (TPSA) is 90.7 Å². The summed E-state index contributed by atoms with van der Waals surface area (Å²) in [5, 5.41) is 9.72. The molecule has 2 N–H and O–H groups in total. The Kier molecular flexibility index (Phi) is 6.84. The molecular weight excluding hydrogens is 346 g/mol. The lowest BCUT2D eigenvalue weighted by Gasteiger charge is -2.35. The first-order valence-corrected chi connectivity index (χ1v) is 9.97. The van der Waals surface area contributed by atoms with Gasteiger partial charge in [0, 0.05) is 38.3 Å². The third kappa shape index (κ3) is 6.04. The van der Waals surface area contributed by atoms with Crippen molar-refractivity contribution in [1.29, 1.82) is 0 Å². The van der Waals surface area contributed by atoms with E-state index in [-0.39, 0.29) is 11.8 Å². The Morgan fingerprint density at radius 1 is 1.11 bits per heavy atom. The van der Waals surface area contributed by atoms with Crippen LogP contribution in [-0.4, -0.2) is 72.1 Å². The summed E-state index contributed by atoms with van der Waals surface area (Å²) in [5.74, 6) is 1.72. The molecule has 2 atom stereocenters. The van der Waals surface area contributed by atoms with E-state index in [1.807, 2.05) is 0 Å². The smallest absolute Gasteiger partial charge is 0.239 e. The van der Waals surface area contributed by atoms with Crippen LogP contribution in [0.1, 0.15) is 38.4 Å². The zero-order chi connectivity index (χ0) is 19.2. The fourth-order valence-electron chi connectivity index (χ4n) is 3.90. The quantitative estimate of drug-likeness (QED) is 0.775. The minimum Gasteiger partial charge on any atom is -0.360 e. The van der Waals surface area contributed by atoms with Gasteiger partial charge in [-0.3, -0.25) is 19.4 Å². The van der Waals surface area contributed by atoms with Crippen molar-refractivity contribution in [3.05, 3.63) is 11.8 Å². The van der Waals surface area contributed by atoms with Crippen LogP contribution in [0.25, 0.3) is 0 Å². The largest absolute Gasteiger partial charge is 0.360 e. The number of nitrogens with one attached hydrogen (secondary N) is 2. The Morgan fingerprint density at radius 2 is 1.74 bits per heavy atom. The molecule has 1 aromatic rings. The lowest BCUT2D eigenvalue weighted by Crippen LogP contribution is -2.52. The van der Waals surface area contributed by atoms with Crippen LogP contribution in [0.5, 0.6) is 0 Å². The van der Waals surface area contributed by atoms with Gasteiger partial charge < -0.3 is 15.2 Å². The zero-order valence-electron chi connectivity index (χ0n) is 16.4. The van der Waals surface area contributed by atoms with Gasteiger partial charge in [0.2, 0.25) is 11.8 Å². The number of nitrogens with zero attached hydrogens (tertiary/aromatic N) is 3. The molecule has 0 spiro atoms. The Bertz CT molecular complexity index is 639. The van der Waals surface area contributed by atoms with Gasteiger partial charge in [0.05, 0.1) is 13.1 Å². The summed E-state index contributed by atoms with van der Waals surface area (Å²) in [6, 6.07) is 2.03. The lowest BCUT2D eigenvalue weighted by molar-refractivity contribution is -0.124. The molecule has 150 valence electrons. The summed E-state index contributed by atoms with van der Waals surface area (Å²) in [4.78, 5) is 28.7. The number of carbonyl (C=O) groups is 2. The fraction of sp³-hybridized carbons (Fsp3) is 0.737. The zero-order valence-corrected chi connectivity index (χ0v) is 16.4. The number of hydrogen-bond acceptors (Lipinski definition) is 6. The van der Waals surface area contributed by atoms with Crippen LogP contribution in [0.3, 0.4) is 0 Å². The highest BCUT2D eigenvalue weighted by Gasteiger charge is 2.25. The standard InChI is InChI=1S/C19H31N5O3/c1-14-5-3-4-6-16(14)20-18(25)12-23-7-9-24(10-8-23)13-19(26)21-17-11-15(2)27-22-17/h11,14,16H,3-10,12-13H2,1-2H3,(H,20,25)(H,21,22,26)/t14-,16+/m1/s1. The van der Waals surface area contributed by atoms with Crippen LogP contribution in [0.4, 0.5) is 5.82 Å². The van der Waals surface area contributed by atoms with Gasteiger partial charge in [-0.1, -0.05) is 24.9 Å². The molecule has 8 heteroatoms. The number of rotatable bonds is 6. The first-order chi connectivity index (χ1) is 13.0. The van der Waals surface area contributed by atoms with E-state index in [1.54, 1.807) is 13.0 Å². The van der Waals surface area contributed by atoms with E-state index < -0.39 is 0 Å². The minimum atomic E-state index is -0.0965. The van der Waals surface area contributed by atoms with Gasteiger partial charge in [-0.25, -0.2) is 0 Å². The number of aromatic nitrogens is 1. The van der Waals surface area contributed by atoms with E-state index in [0.29, 0.717) is 36.6 Å². The van der Waals surface area contributed by atoms with Crippen molar-refractivity contribution in [1.82, 2.24) is 20.3 Å². The van der Waals surface area contributed by atoms with E-state index >= 15 is 0 Å². The molecule has 27 heavy (non-hydrogen) atoms. The second-order valence-corrected chi connectivity index (χ2v) is 7.86.